The Hall–Kier alpha value is -1.96. The molecule has 0 aliphatic carbocycles. The molecule has 2 aromatic rings. The molecule has 0 saturated carbocycles. The van der Waals surface area contributed by atoms with Crippen molar-refractivity contribution in [2.75, 3.05) is 12.0 Å². The van der Waals surface area contributed by atoms with Crippen LogP contribution in [-0.4, -0.2) is 19.8 Å². The smallest absolute Gasteiger partial charge is 0.222 e. The summed E-state index contributed by atoms with van der Waals surface area (Å²) in [6.45, 7) is 0. The maximum atomic E-state index is 14.0. The number of nitrogens with zero attached hydrogens (tertiary/aromatic N) is 1. The van der Waals surface area contributed by atoms with Crippen molar-refractivity contribution in [1.29, 1.82) is 0 Å². The Morgan fingerprint density at radius 2 is 2.00 bits per heavy atom. The third-order valence-corrected chi connectivity index (χ3v) is 3.35. The lowest BCUT2D eigenvalue weighted by atomic mass is 10.1. The highest BCUT2D eigenvalue weighted by atomic mass is 32.2. The number of benzene rings is 1. The van der Waals surface area contributed by atoms with Crippen molar-refractivity contribution < 1.29 is 21.7 Å². The maximum Gasteiger partial charge on any atom is 0.222 e. The summed E-state index contributed by atoms with van der Waals surface area (Å²) in [7, 11) is -3.81. The van der Waals surface area contributed by atoms with Gasteiger partial charge in [0.1, 0.15) is 16.4 Å². The summed E-state index contributed by atoms with van der Waals surface area (Å²) in [6, 6.07) is 2.81. The lowest BCUT2D eigenvalue weighted by molar-refractivity contribution is 0.437. The molecule has 1 aromatic carbocycles. The largest absolute Gasteiger partial charge is 0.368 e. The average Bonchev–Trinajstić information content (AvgIpc) is 2.62. The molecule has 96 valence electrons. The van der Waals surface area contributed by atoms with Crippen molar-refractivity contribution in [3.63, 3.8) is 0 Å². The van der Waals surface area contributed by atoms with Crippen LogP contribution >= 0.6 is 0 Å². The predicted molar refractivity (Wildman–Crippen MR) is 59.4 cm³/mol. The van der Waals surface area contributed by atoms with E-state index >= 15 is 0 Å². The van der Waals surface area contributed by atoms with Crippen molar-refractivity contribution in [2.24, 2.45) is 0 Å². The number of sulfone groups is 1. The van der Waals surface area contributed by atoms with Gasteiger partial charge < -0.3 is 10.3 Å². The van der Waals surface area contributed by atoms with E-state index in [1.54, 1.807) is 0 Å². The van der Waals surface area contributed by atoms with E-state index in [1.165, 1.54) is 0 Å². The molecule has 2 rings (SSSR count). The molecule has 2 N–H and O–H groups in total. The van der Waals surface area contributed by atoms with Gasteiger partial charge in [0.05, 0.1) is 5.56 Å². The summed E-state index contributed by atoms with van der Waals surface area (Å²) < 4.78 is 54.7. The highest BCUT2D eigenvalue weighted by Crippen LogP contribution is 2.30. The highest BCUT2D eigenvalue weighted by Gasteiger charge is 2.23. The Bertz CT molecular complexity index is 710. The fraction of sp³-hybridized carbons (Fsp3) is 0.100. The first-order valence-electron chi connectivity index (χ1n) is 4.71. The van der Waals surface area contributed by atoms with Gasteiger partial charge in [-0.2, -0.15) is 0 Å². The predicted octanol–water partition coefficient (Wildman–Crippen LogP) is 1.61. The summed E-state index contributed by atoms with van der Waals surface area (Å²) in [5, 5.41) is 3.36. The van der Waals surface area contributed by atoms with Gasteiger partial charge in [0, 0.05) is 12.3 Å². The minimum Gasteiger partial charge on any atom is -0.368 e. The van der Waals surface area contributed by atoms with Gasteiger partial charge >= 0.3 is 0 Å². The SMILES string of the molecule is CS(=O)(=O)c1ccc(F)c(-c2cc(N)on2)c1F. The molecule has 0 unspecified atom stereocenters. The lowest BCUT2D eigenvalue weighted by Crippen LogP contribution is -2.03. The zero-order valence-electron chi connectivity index (χ0n) is 9.15. The molecule has 0 radical (unpaired) electrons. The van der Waals surface area contributed by atoms with Crippen molar-refractivity contribution in [2.45, 2.75) is 4.90 Å². The van der Waals surface area contributed by atoms with Crippen molar-refractivity contribution in [3.8, 4) is 11.3 Å². The van der Waals surface area contributed by atoms with Gasteiger partial charge in [-0.05, 0) is 12.1 Å². The van der Waals surface area contributed by atoms with Crippen LogP contribution in [0.25, 0.3) is 11.3 Å². The Kier molecular flexibility index (Phi) is 2.81. The van der Waals surface area contributed by atoms with Gasteiger partial charge in [0.25, 0.3) is 0 Å². The lowest BCUT2D eigenvalue weighted by Gasteiger charge is -2.05. The quantitative estimate of drug-likeness (QED) is 0.841. The Labute approximate surface area is 101 Å². The first-order chi connectivity index (χ1) is 8.30. The molecule has 0 aliphatic heterocycles. The van der Waals surface area contributed by atoms with Crippen LogP contribution in [0.15, 0.2) is 27.6 Å². The number of nitrogens with two attached hydrogens (primary N) is 1. The van der Waals surface area contributed by atoms with Gasteiger partial charge in [-0.1, -0.05) is 5.16 Å². The number of hydrogen-bond donors (Lipinski definition) is 1. The van der Waals surface area contributed by atoms with E-state index in [-0.39, 0.29) is 11.6 Å². The second kappa shape index (κ2) is 4.05. The summed E-state index contributed by atoms with van der Waals surface area (Å²) in [6.07, 6.45) is 0.824. The second-order valence-electron chi connectivity index (χ2n) is 3.62. The van der Waals surface area contributed by atoms with Crippen LogP contribution in [0.4, 0.5) is 14.7 Å². The molecule has 0 amide bonds. The maximum absolute atomic E-state index is 14.0. The van der Waals surface area contributed by atoms with E-state index in [9.17, 15) is 17.2 Å². The number of halogens is 2. The number of hydrogen-bond acceptors (Lipinski definition) is 5. The summed E-state index contributed by atoms with van der Waals surface area (Å²) in [4.78, 5) is -0.611. The fourth-order valence-electron chi connectivity index (χ4n) is 1.46. The van der Waals surface area contributed by atoms with Crippen molar-refractivity contribution in [1.82, 2.24) is 5.16 Å². The van der Waals surface area contributed by atoms with E-state index in [0.717, 1.165) is 24.5 Å². The molecule has 1 heterocycles. The molecule has 0 aliphatic rings. The van der Waals surface area contributed by atoms with Crippen molar-refractivity contribution in [3.05, 3.63) is 29.8 Å². The number of aromatic nitrogens is 1. The van der Waals surface area contributed by atoms with Gasteiger partial charge in [-0.3, -0.25) is 0 Å². The molecular formula is C10H8F2N2O3S. The second-order valence-corrected chi connectivity index (χ2v) is 5.61. The first kappa shape index (κ1) is 12.5. The zero-order chi connectivity index (χ0) is 13.5. The van der Waals surface area contributed by atoms with Crippen LogP contribution in [0.3, 0.4) is 0 Å². The fourth-order valence-corrected chi connectivity index (χ4v) is 2.20. The molecular weight excluding hydrogens is 266 g/mol. The van der Waals surface area contributed by atoms with Crippen LogP contribution in [0.1, 0.15) is 0 Å². The van der Waals surface area contributed by atoms with Crippen LogP contribution < -0.4 is 5.73 Å². The monoisotopic (exact) mass is 274 g/mol. The first-order valence-corrected chi connectivity index (χ1v) is 6.60. The van der Waals surface area contributed by atoms with Crippen LogP contribution in [0.5, 0.6) is 0 Å². The standard InChI is InChI=1S/C10H8F2N2O3S/c1-18(15,16)7-3-2-5(11)9(10(7)12)6-4-8(13)17-14-6/h2-4H,13H2,1H3. The van der Waals surface area contributed by atoms with Gasteiger partial charge in [0.15, 0.2) is 15.7 Å². The van der Waals surface area contributed by atoms with Gasteiger partial charge in [0.2, 0.25) is 5.88 Å². The van der Waals surface area contributed by atoms with E-state index in [1.807, 2.05) is 0 Å². The van der Waals surface area contributed by atoms with Crippen LogP contribution in [0.2, 0.25) is 0 Å². The van der Waals surface area contributed by atoms with Crippen LogP contribution in [0, 0.1) is 11.6 Å². The number of anilines is 1. The van der Waals surface area contributed by atoms with E-state index in [2.05, 4.69) is 9.68 Å². The highest BCUT2D eigenvalue weighted by molar-refractivity contribution is 7.90. The van der Waals surface area contributed by atoms with E-state index in [0.29, 0.717) is 0 Å². The van der Waals surface area contributed by atoms with E-state index < -0.39 is 31.9 Å². The number of rotatable bonds is 2. The van der Waals surface area contributed by atoms with Crippen LogP contribution in [-0.2, 0) is 9.84 Å². The van der Waals surface area contributed by atoms with Crippen molar-refractivity contribution >= 4 is 15.7 Å². The molecule has 0 spiro atoms. The molecule has 0 atom stereocenters. The topological polar surface area (TPSA) is 86.2 Å². The summed E-state index contributed by atoms with van der Waals surface area (Å²) >= 11 is 0. The van der Waals surface area contributed by atoms with E-state index in [4.69, 9.17) is 5.73 Å². The molecule has 0 bridgehead atoms. The minimum atomic E-state index is -3.81. The Morgan fingerprint density at radius 1 is 1.33 bits per heavy atom. The average molecular weight is 274 g/mol. The molecule has 0 fully saturated rings. The Balaban J connectivity index is 2.75. The molecule has 8 heteroatoms. The molecule has 5 nitrogen and oxygen atoms in total. The molecule has 0 saturated heterocycles. The summed E-state index contributed by atoms with van der Waals surface area (Å²) in [5.41, 5.74) is 4.46. The summed E-state index contributed by atoms with van der Waals surface area (Å²) in [5.74, 6) is -2.30. The molecule has 18 heavy (non-hydrogen) atoms. The third-order valence-electron chi connectivity index (χ3n) is 2.24. The van der Waals surface area contributed by atoms with Gasteiger partial charge in [-0.15, -0.1) is 0 Å². The minimum absolute atomic E-state index is 0.131. The zero-order valence-corrected chi connectivity index (χ0v) is 9.96. The molecule has 1 aromatic heterocycles. The third kappa shape index (κ3) is 2.06. The normalized spacial score (nSPS) is 11.7. The number of nitrogen functional groups attached to an aromatic ring is 1. The van der Waals surface area contributed by atoms with Gasteiger partial charge in [-0.25, -0.2) is 17.2 Å². The Morgan fingerprint density at radius 3 is 2.50 bits per heavy atom.